The first kappa shape index (κ1) is 12.8. The lowest BCUT2D eigenvalue weighted by molar-refractivity contribution is 0.414. The molecule has 0 bridgehead atoms. The summed E-state index contributed by atoms with van der Waals surface area (Å²) in [5, 5.41) is 3.92. The summed E-state index contributed by atoms with van der Waals surface area (Å²) in [6.07, 6.45) is 4.83. The predicted octanol–water partition coefficient (Wildman–Crippen LogP) is 3.66. The van der Waals surface area contributed by atoms with E-state index < -0.39 is 0 Å². The van der Waals surface area contributed by atoms with Crippen LogP contribution < -0.4 is 10.1 Å². The van der Waals surface area contributed by atoms with E-state index in [4.69, 9.17) is 9.73 Å². The number of hydrogen-bond acceptors (Lipinski definition) is 4. The van der Waals surface area contributed by atoms with Gasteiger partial charge in [0.2, 0.25) is 0 Å². The van der Waals surface area contributed by atoms with Crippen molar-refractivity contribution in [1.82, 2.24) is 0 Å². The lowest BCUT2D eigenvalue weighted by Gasteiger charge is -2.16. The Bertz CT molecular complexity index is 512. The fourth-order valence-corrected chi connectivity index (χ4v) is 3.88. The highest BCUT2D eigenvalue weighted by molar-refractivity contribution is 8.14. The molecular formula is C14H17FN2OS. The Hall–Kier alpha value is -1.23. The van der Waals surface area contributed by atoms with Gasteiger partial charge in [0.25, 0.3) is 0 Å². The smallest absolute Gasteiger partial charge is 0.161 e. The molecule has 19 heavy (non-hydrogen) atoms. The van der Waals surface area contributed by atoms with Crippen LogP contribution in [0.5, 0.6) is 5.75 Å². The van der Waals surface area contributed by atoms with Crippen LogP contribution in [0.2, 0.25) is 0 Å². The van der Waals surface area contributed by atoms with E-state index in [-0.39, 0.29) is 11.4 Å². The van der Waals surface area contributed by atoms with E-state index in [1.54, 1.807) is 31.0 Å². The molecule has 1 fully saturated rings. The average molecular weight is 280 g/mol. The normalized spacial score (nSPS) is 20.6. The summed E-state index contributed by atoms with van der Waals surface area (Å²) in [7, 11) is 1.58. The maximum absolute atomic E-state index is 13.7. The number of anilines is 1. The number of amidine groups is 1. The van der Waals surface area contributed by atoms with Crippen LogP contribution in [-0.2, 0) is 0 Å². The molecule has 1 saturated carbocycles. The topological polar surface area (TPSA) is 33.6 Å². The monoisotopic (exact) mass is 280 g/mol. The van der Waals surface area contributed by atoms with Crippen molar-refractivity contribution in [3.8, 4) is 5.75 Å². The fraction of sp³-hybridized carbons (Fsp3) is 0.500. The third-order valence-electron chi connectivity index (χ3n) is 3.77. The minimum Gasteiger partial charge on any atom is -0.497 e. The first-order valence-electron chi connectivity index (χ1n) is 6.54. The van der Waals surface area contributed by atoms with E-state index >= 15 is 0 Å². The Morgan fingerprint density at radius 1 is 1.37 bits per heavy atom. The molecule has 102 valence electrons. The molecule has 0 aromatic heterocycles. The van der Waals surface area contributed by atoms with E-state index in [9.17, 15) is 4.39 Å². The second kappa shape index (κ2) is 5.04. The summed E-state index contributed by atoms with van der Waals surface area (Å²) in [5.74, 6) is 1.38. The number of nitrogens with one attached hydrogen (secondary N) is 1. The molecular weight excluding hydrogens is 263 g/mol. The van der Waals surface area contributed by atoms with Crippen molar-refractivity contribution in [2.45, 2.75) is 31.2 Å². The zero-order valence-corrected chi connectivity index (χ0v) is 11.7. The number of aliphatic imine (C=N–C) groups is 1. The van der Waals surface area contributed by atoms with Crippen LogP contribution in [0.1, 0.15) is 25.7 Å². The maximum atomic E-state index is 13.7. The molecule has 1 aliphatic carbocycles. The van der Waals surface area contributed by atoms with Gasteiger partial charge < -0.3 is 10.1 Å². The lowest BCUT2D eigenvalue weighted by atomic mass is 10.0. The Labute approximate surface area is 116 Å². The standard InChI is InChI=1S/C14H17FN2OS/c1-18-10-4-5-11(15)12(8-10)16-13-17-14(9-19-13)6-2-3-7-14/h4-5,8H,2-3,6-7,9H2,1H3,(H,16,17). The highest BCUT2D eigenvalue weighted by Crippen LogP contribution is 2.41. The van der Waals surface area contributed by atoms with Crippen molar-refractivity contribution >= 4 is 22.6 Å². The van der Waals surface area contributed by atoms with E-state index in [2.05, 4.69) is 5.32 Å². The van der Waals surface area contributed by atoms with Gasteiger partial charge in [0.15, 0.2) is 5.17 Å². The molecule has 3 nitrogen and oxygen atoms in total. The van der Waals surface area contributed by atoms with Crippen LogP contribution in [0.25, 0.3) is 0 Å². The minimum atomic E-state index is -0.281. The van der Waals surface area contributed by atoms with Crippen LogP contribution in [0.4, 0.5) is 10.1 Å². The quantitative estimate of drug-likeness (QED) is 0.897. The minimum absolute atomic E-state index is 0.113. The van der Waals surface area contributed by atoms with Gasteiger partial charge in [-0.05, 0) is 25.0 Å². The van der Waals surface area contributed by atoms with Crippen LogP contribution >= 0.6 is 11.8 Å². The number of nitrogens with zero attached hydrogens (tertiary/aromatic N) is 1. The van der Waals surface area contributed by atoms with Crippen molar-refractivity contribution in [1.29, 1.82) is 0 Å². The number of halogens is 1. The largest absolute Gasteiger partial charge is 0.497 e. The molecule has 0 saturated heterocycles. The van der Waals surface area contributed by atoms with Crippen molar-refractivity contribution in [2.24, 2.45) is 4.99 Å². The van der Waals surface area contributed by atoms with E-state index in [0.29, 0.717) is 11.4 Å². The van der Waals surface area contributed by atoms with Gasteiger partial charge >= 0.3 is 0 Å². The molecule has 0 atom stereocenters. The molecule has 2 aliphatic rings. The van der Waals surface area contributed by atoms with Gasteiger partial charge in [-0.15, -0.1) is 0 Å². The summed E-state index contributed by atoms with van der Waals surface area (Å²) in [4.78, 5) is 4.77. The fourth-order valence-electron chi connectivity index (χ4n) is 2.68. The molecule has 0 amide bonds. The molecule has 1 N–H and O–H groups in total. The van der Waals surface area contributed by atoms with Gasteiger partial charge in [0.05, 0.1) is 18.3 Å². The van der Waals surface area contributed by atoms with Gasteiger partial charge in [-0.25, -0.2) is 4.39 Å². The number of benzene rings is 1. The Morgan fingerprint density at radius 3 is 2.89 bits per heavy atom. The summed E-state index contributed by atoms with van der Waals surface area (Å²) in [6.45, 7) is 0. The third-order valence-corrected chi connectivity index (χ3v) is 4.91. The molecule has 1 aromatic rings. The van der Waals surface area contributed by atoms with Gasteiger partial charge in [0, 0.05) is 11.8 Å². The highest BCUT2D eigenvalue weighted by atomic mass is 32.2. The van der Waals surface area contributed by atoms with Gasteiger partial charge in [-0.3, -0.25) is 4.99 Å². The molecule has 1 heterocycles. The van der Waals surface area contributed by atoms with Gasteiger partial charge in [0.1, 0.15) is 11.6 Å². The molecule has 3 rings (SSSR count). The van der Waals surface area contributed by atoms with Crippen molar-refractivity contribution < 1.29 is 9.13 Å². The maximum Gasteiger partial charge on any atom is 0.161 e. The molecule has 1 spiro atoms. The van der Waals surface area contributed by atoms with Crippen LogP contribution in [0.3, 0.4) is 0 Å². The van der Waals surface area contributed by atoms with Gasteiger partial charge in [-0.1, -0.05) is 24.6 Å². The Balaban J connectivity index is 1.78. The summed E-state index contributed by atoms with van der Waals surface area (Å²) >= 11 is 1.69. The number of ether oxygens (including phenoxy) is 1. The van der Waals surface area contributed by atoms with Crippen molar-refractivity contribution in [2.75, 3.05) is 18.2 Å². The lowest BCUT2D eigenvalue weighted by Crippen LogP contribution is -2.21. The summed E-state index contributed by atoms with van der Waals surface area (Å²) in [5.41, 5.74) is 0.545. The zero-order chi connectivity index (χ0) is 13.3. The molecule has 0 radical (unpaired) electrons. The molecule has 0 unspecified atom stereocenters. The number of thioether (sulfide) groups is 1. The van der Waals surface area contributed by atoms with Crippen LogP contribution in [0.15, 0.2) is 23.2 Å². The van der Waals surface area contributed by atoms with E-state index in [1.807, 2.05) is 0 Å². The van der Waals surface area contributed by atoms with Crippen molar-refractivity contribution in [3.63, 3.8) is 0 Å². The first-order valence-corrected chi connectivity index (χ1v) is 7.53. The summed E-state index contributed by atoms with van der Waals surface area (Å²) in [6, 6.07) is 4.69. The second-order valence-corrected chi connectivity index (χ2v) is 6.07. The SMILES string of the molecule is COc1ccc(F)c(NC2=NC3(CCCC3)CS2)c1. The molecule has 5 heteroatoms. The van der Waals surface area contributed by atoms with Crippen LogP contribution in [-0.4, -0.2) is 23.6 Å². The Kier molecular flexibility index (Phi) is 3.39. The predicted molar refractivity (Wildman–Crippen MR) is 77.7 cm³/mol. The molecule has 1 aromatic carbocycles. The Morgan fingerprint density at radius 2 is 2.16 bits per heavy atom. The molecule has 1 aliphatic heterocycles. The highest BCUT2D eigenvalue weighted by Gasteiger charge is 2.38. The third kappa shape index (κ3) is 2.56. The zero-order valence-electron chi connectivity index (χ0n) is 10.9. The van der Waals surface area contributed by atoms with E-state index in [1.165, 1.54) is 18.9 Å². The van der Waals surface area contributed by atoms with Crippen LogP contribution in [0, 0.1) is 5.82 Å². The number of methoxy groups -OCH3 is 1. The van der Waals surface area contributed by atoms with Gasteiger partial charge in [-0.2, -0.15) is 0 Å². The first-order chi connectivity index (χ1) is 9.21. The second-order valence-electron chi connectivity index (χ2n) is 5.11. The number of hydrogen-bond donors (Lipinski definition) is 1. The van der Waals surface area contributed by atoms with Crippen molar-refractivity contribution in [3.05, 3.63) is 24.0 Å². The number of rotatable bonds is 2. The van der Waals surface area contributed by atoms with E-state index in [0.717, 1.165) is 23.8 Å². The average Bonchev–Trinajstić information content (AvgIpc) is 3.03. The summed E-state index contributed by atoms with van der Waals surface area (Å²) < 4.78 is 18.9.